The lowest BCUT2D eigenvalue weighted by Gasteiger charge is -2.64. The lowest BCUT2D eigenvalue weighted by atomic mass is 9.58. The highest BCUT2D eigenvalue weighted by molar-refractivity contribution is 6.12. The molecule has 3 aliphatic rings. The fourth-order valence-electron chi connectivity index (χ4n) is 2.95. The molecular weight excluding hydrogens is 171 g/mol. The quantitative estimate of drug-likeness (QED) is 0.556. The van der Waals surface area contributed by atoms with Crippen LogP contribution in [0.2, 0.25) is 0 Å². The molecular formula is C8H11BO4. The van der Waals surface area contributed by atoms with Gasteiger partial charge in [0.2, 0.25) is 0 Å². The molecule has 1 unspecified atom stereocenters. The second-order valence-corrected chi connectivity index (χ2v) is 4.06. The Labute approximate surface area is 77.6 Å². The summed E-state index contributed by atoms with van der Waals surface area (Å²) in [6, 6.07) is -0.414. The maximum Gasteiger partial charge on any atom is 0.179 e. The van der Waals surface area contributed by atoms with Gasteiger partial charge >= 0.3 is 0 Å². The van der Waals surface area contributed by atoms with Crippen LogP contribution in [0.25, 0.3) is 0 Å². The second kappa shape index (κ2) is 2.11. The Morgan fingerprint density at radius 3 is 3.00 bits per heavy atom. The summed E-state index contributed by atoms with van der Waals surface area (Å²) in [6.45, 7) is -0.00363. The van der Waals surface area contributed by atoms with Crippen LogP contribution < -0.4 is 0 Å². The Bertz CT molecular complexity index is 261. The SMILES string of the molecule is [B][C@@H]1O[C@@]2(CO)C[C@]3(OC)OC1[C@@H]23. The first kappa shape index (κ1) is 8.23. The minimum Gasteiger partial charge on any atom is -0.393 e. The Balaban J connectivity index is 1.91. The zero-order valence-corrected chi connectivity index (χ0v) is 7.40. The maximum absolute atomic E-state index is 9.22. The lowest BCUT2D eigenvalue weighted by molar-refractivity contribution is -0.440. The molecule has 2 saturated heterocycles. The van der Waals surface area contributed by atoms with Crippen LogP contribution in [0.4, 0.5) is 0 Å². The molecule has 3 fully saturated rings. The predicted molar refractivity (Wildman–Crippen MR) is 43.2 cm³/mol. The van der Waals surface area contributed by atoms with E-state index in [0.717, 1.165) is 0 Å². The van der Waals surface area contributed by atoms with E-state index in [1.54, 1.807) is 7.11 Å². The van der Waals surface area contributed by atoms with Gasteiger partial charge in [0.05, 0.1) is 18.6 Å². The third-order valence-electron chi connectivity index (χ3n) is 3.56. The molecule has 1 aliphatic carbocycles. The van der Waals surface area contributed by atoms with Gasteiger partial charge < -0.3 is 19.3 Å². The zero-order chi connectivity index (χ0) is 9.27. The van der Waals surface area contributed by atoms with Crippen molar-refractivity contribution in [3.05, 3.63) is 0 Å². The van der Waals surface area contributed by atoms with Crippen LogP contribution in [0, 0.1) is 5.92 Å². The second-order valence-electron chi connectivity index (χ2n) is 4.06. The van der Waals surface area contributed by atoms with Gasteiger partial charge in [-0.25, -0.2) is 0 Å². The normalized spacial score (nSPS) is 62.5. The van der Waals surface area contributed by atoms with E-state index in [4.69, 9.17) is 22.1 Å². The van der Waals surface area contributed by atoms with Crippen molar-refractivity contribution in [2.75, 3.05) is 13.7 Å². The molecule has 13 heavy (non-hydrogen) atoms. The van der Waals surface area contributed by atoms with Gasteiger partial charge in [0, 0.05) is 19.5 Å². The van der Waals surface area contributed by atoms with E-state index in [9.17, 15) is 5.11 Å². The molecule has 5 heteroatoms. The maximum atomic E-state index is 9.22. The van der Waals surface area contributed by atoms with Crippen molar-refractivity contribution in [1.82, 2.24) is 0 Å². The van der Waals surface area contributed by atoms with E-state index in [0.29, 0.717) is 6.42 Å². The molecule has 0 aromatic carbocycles. The van der Waals surface area contributed by atoms with E-state index in [2.05, 4.69) is 0 Å². The molecule has 4 nitrogen and oxygen atoms in total. The minimum atomic E-state index is -0.512. The highest BCUT2D eigenvalue weighted by atomic mass is 16.8. The van der Waals surface area contributed by atoms with Crippen molar-refractivity contribution < 1.29 is 19.3 Å². The largest absolute Gasteiger partial charge is 0.393 e. The average molecular weight is 182 g/mol. The summed E-state index contributed by atoms with van der Waals surface area (Å²) in [6.07, 6.45) is 0.489. The van der Waals surface area contributed by atoms with E-state index in [-0.39, 0.29) is 18.6 Å². The number of hydrogen-bond donors (Lipinski definition) is 1. The van der Waals surface area contributed by atoms with Gasteiger partial charge in [-0.15, -0.1) is 0 Å². The fraction of sp³-hybridized carbons (Fsp3) is 1.00. The van der Waals surface area contributed by atoms with Crippen molar-refractivity contribution >= 4 is 7.85 Å². The molecule has 2 aliphatic heterocycles. The molecule has 3 rings (SSSR count). The van der Waals surface area contributed by atoms with Crippen molar-refractivity contribution in [3.63, 3.8) is 0 Å². The van der Waals surface area contributed by atoms with Gasteiger partial charge in [-0.05, 0) is 0 Å². The summed E-state index contributed by atoms with van der Waals surface area (Å²) in [5, 5.41) is 9.22. The van der Waals surface area contributed by atoms with Gasteiger partial charge in [0.1, 0.15) is 13.4 Å². The fourth-order valence-corrected chi connectivity index (χ4v) is 2.95. The van der Waals surface area contributed by atoms with Gasteiger partial charge in [-0.1, -0.05) is 0 Å². The van der Waals surface area contributed by atoms with Crippen LogP contribution in [-0.4, -0.2) is 50.2 Å². The number of rotatable bonds is 2. The minimum absolute atomic E-state index is 0.00363. The summed E-state index contributed by atoms with van der Waals surface area (Å²) in [5.41, 5.74) is -0.488. The van der Waals surface area contributed by atoms with Crippen LogP contribution in [0.15, 0.2) is 0 Å². The molecule has 0 bridgehead atoms. The predicted octanol–water partition coefficient (Wildman–Crippen LogP) is -0.996. The van der Waals surface area contributed by atoms with Crippen molar-refractivity contribution in [1.29, 1.82) is 0 Å². The molecule has 1 N–H and O–H groups in total. The third-order valence-corrected chi connectivity index (χ3v) is 3.56. The van der Waals surface area contributed by atoms with E-state index in [1.165, 1.54) is 0 Å². The highest BCUT2D eigenvalue weighted by Gasteiger charge is 2.81. The number of hydrogen-bond acceptors (Lipinski definition) is 4. The Kier molecular flexibility index (Phi) is 1.34. The molecule has 0 spiro atoms. The summed E-state index contributed by atoms with van der Waals surface area (Å²) in [7, 11) is 7.31. The van der Waals surface area contributed by atoms with Crippen molar-refractivity contribution in [2.45, 2.75) is 29.9 Å². The highest BCUT2D eigenvalue weighted by Crippen LogP contribution is 2.66. The van der Waals surface area contributed by atoms with Crippen LogP contribution in [-0.2, 0) is 14.2 Å². The van der Waals surface area contributed by atoms with Gasteiger partial charge in [-0.3, -0.25) is 0 Å². The number of aliphatic hydroxyl groups is 1. The van der Waals surface area contributed by atoms with E-state index < -0.39 is 17.4 Å². The van der Waals surface area contributed by atoms with Crippen LogP contribution in [0.3, 0.4) is 0 Å². The zero-order valence-electron chi connectivity index (χ0n) is 7.40. The van der Waals surface area contributed by atoms with Crippen molar-refractivity contribution in [3.8, 4) is 0 Å². The summed E-state index contributed by atoms with van der Waals surface area (Å²) >= 11 is 0. The molecule has 0 aromatic rings. The Morgan fingerprint density at radius 1 is 1.62 bits per heavy atom. The first-order valence-corrected chi connectivity index (χ1v) is 4.45. The van der Waals surface area contributed by atoms with E-state index >= 15 is 0 Å². The number of aliphatic hydroxyl groups excluding tert-OH is 1. The van der Waals surface area contributed by atoms with Crippen LogP contribution >= 0.6 is 0 Å². The molecule has 0 amide bonds. The molecule has 5 atom stereocenters. The summed E-state index contributed by atoms with van der Waals surface area (Å²) in [5.74, 6) is -0.397. The van der Waals surface area contributed by atoms with E-state index in [1.807, 2.05) is 0 Å². The van der Waals surface area contributed by atoms with Crippen molar-refractivity contribution in [2.24, 2.45) is 5.92 Å². The summed E-state index contributed by atoms with van der Waals surface area (Å²) in [4.78, 5) is 0. The molecule has 2 radical (unpaired) electrons. The average Bonchev–Trinajstić information content (AvgIpc) is 2.21. The topological polar surface area (TPSA) is 47.9 Å². The first-order valence-electron chi connectivity index (χ1n) is 4.45. The summed E-state index contributed by atoms with van der Waals surface area (Å²) < 4.78 is 16.3. The molecule has 1 saturated carbocycles. The molecule has 2 heterocycles. The third kappa shape index (κ3) is 0.665. The smallest absolute Gasteiger partial charge is 0.179 e. The number of ether oxygens (including phenoxy) is 3. The standard InChI is InChI=1S/C8H11BO4/c1-11-8-2-7(3-10)5(8)4(12-8)6(9)13-7/h4-6,10H,2-3H2,1H3/t4?,5-,6+,7+,8-/m0/s1. The molecule has 0 aromatic heterocycles. The first-order chi connectivity index (χ1) is 6.17. The Morgan fingerprint density at radius 2 is 2.38 bits per heavy atom. The van der Waals surface area contributed by atoms with Gasteiger partial charge in [0.25, 0.3) is 0 Å². The number of methoxy groups -OCH3 is 1. The Hall–Kier alpha value is -0.0951. The van der Waals surface area contributed by atoms with Crippen LogP contribution in [0.1, 0.15) is 6.42 Å². The monoisotopic (exact) mass is 182 g/mol. The van der Waals surface area contributed by atoms with Gasteiger partial charge in [0.15, 0.2) is 5.79 Å². The van der Waals surface area contributed by atoms with Crippen LogP contribution in [0.5, 0.6) is 0 Å². The van der Waals surface area contributed by atoms with Gasteiger partial charge in [-0.2, -0.15) is 0 Å². The lowest BCUT2D eigenvalue weighted by Crippen LogP contribution is -2.78. The molecule has 70 valence electrons.